The molecule has 1 aromatic heterocycles. The zero-order chi connectivity index (χ0) is 17.7. The zero-order valence-electron chi connectivity index (χ0n) is 13.4. The quantitative estimate of drug-likeness (QED) is 0.606. The van der Waals surface area contributed by atoms with E-state index in [9.17, 15) is 13.2 Å². The Hall–Kier alpha value is -2.49. The van der Waals surface area contributed by atoms with Crippen LogP contribution in [0.3, 0.4) is 0 Å². The van der Waals surface area contributed by atoms with E-state index in [-0.39, 0.29) is 10.5 Å². The van der Waals surface area contributed by atoms with Crippen LogP contribution in [0.5, 0.6) is 0 Å². The first-order valence-corrected chi connectivity index (χ1v) is 9.16. The number of aromatic nitrogens is 1. The third kappa shape index (κ3) is 4.13. The summed E-state index contributed by atoms with van der Waals surface area (Å²) >= 11 is 0. The Balaban J connectivity index is 1.73. The minimum Gasteiger partial charge on any atom is -0.379 e. The van der Waals surface area contributed by atoms with Crippen molar-refractivity contribution in [2.24, 2.45) is 5.10 Å². The predicted molar refractivity (Wildman–Crippen MR) is 91.9 cm³/mol. The van der Waals surface area contributed by atoms with Gasteiger partial charge in [-0.3, -0.25) is 4.79 Å². The number of nitrogens with one attached hydrogen (secondary N) is 2. The summed E-state index contributed by atoms with van der Waals surface area (Å²) in [4.78, 5) is 15.2. The number of amides is 1. The van der Waals surface area contributed by atoms with Gasteiger partial charge < -0.3 is 9.72 Å². The summed E-state index contributed by atoms with van der Waals surface area (Å²) in [5.41, 5.74) is 3.34. The minimum atomic E-state index is -3.64. The number of carbonyl (C=O) groups excluding carboxylic acids is 1. The molecule has 8 nitrogen and oxygen atoms in total. The summed E-state index contributed by atoms with van der Waals surface area (Å²) in [6.45, 7) is 1.35. The average Bonchev–Trinajstić information content (AvgIpc) is 3.16. The summed E-state index contributed by atoms with van der Waals surface area (Å²) in [6, 6.07) is 9.51. The topological polar surface area (TPSA) is 104 Å². The number of sulfonamides is 1. The molecule has 3 rings (SSSR count). The molecule has 1 aliphatic rings. The molecule has 2 heterocycles. The van der Waals surface area contributed by atoms with Crippen molar-refractivity contribution in [3.8, 4) is 0 Å². The van der Waals surface area contributed by atoms with Gasteiger partial charge in [0.05, 0.1) is 30.0 Å². The van der Waals surface area contributed by atoms with Crippen LogP contribution in [0.25, 0.3) is 0 Å². The summed E-state index contributed by atoms with van der Waals surface area (Å²) in [6.07, 6.45) is 3.20. The molecule has 2 aromatic rings. The van der Waals surface area contributed by atoms with Gasteiger partial charge in [0, 0.05) is 24.8 Å². The van der Waals surface area contributed by atoms with E-state index in [0.29, 0.717) is 26.3 Å². The van der Waals surface area contributed by atoms with Gasteiger partial charge in [0.15, 0.2) is 0 Å². The van der Waals surface area contributed by atoms with Gasteiger partial charge in [0.2, 0.25) is 10.0 Å². The van der Waals surface area contributed by atoms with Crippen molar-refractivity contribution in [1.29, 1.82) is 0 Å². The highest BCUT2D eigenvalue weighted by Gasteiger charge is 2.26. The number of morpholine rings is 1. The van der Waals surface area contributed by atoms with Crippen molar-refractivity contribution in [2.75, 3.05) is 26.3 Å². The third-order valence-electron chi connectivity index (χ3n) is 3.70. The second-order valence-corrected chi connectivity index (χ2v) is 7.31. The van der Waals surface area contributed by atoms with E-state index in [1.54, 1.807) is 12.3 Å². The van der Waals surface area contributed by atoms with E-state index in [0.717, 1.165) is 5.69 Å². The second-order valence-electron chi connectivity index (χ2n) is 5.37. The lowest BCUT2D eigenvalue weighted by atomic mass is 10.2. The SMILES string of the molecule is O=C(NN=Cc1ccc[nH]1)c1cccc(S(=O)(=O)N2CCOCC2)c1. The highest BCUT2D eigenvalue weighted by molar-refractivity contribution is 7.89. The van der Waals surface area contributed by atoms with Crippen molar-refractivity contribution in [1.82, 2.24) is 14.7 Å². The van der Waals surface area contributed by atoms with Crippen LogP contribution in [0.1, 0.15) is 16.1 Å². The van der Waals surface area contributed by atoms with Crippen LogP contribution in [-0.4, -0.2) is 56.1 Å². The second kappa shape index (κ2) is 7.60. The molecule has 1 aromatic carbocycles. The molecule has 9 heteroatoms. The van der Waals surface area contributed by atoms with Crippen molar-refractivity contribution in [3.05, 3.63) is 53.9 Å². The Morgan fingerprint density at radius 2 is 2.04 bits per heavy atom. The van der Waals surface area contributed by atoms with Crippen LogP contribution < -0.4 is 5.43 Å². The Morgan fingerprint density at radius 1 is 1.24 bits per heavy atom. The van der Waals surface area contributed by atoms with Gasteiger partial charge >= 0.3 is 0 Å². The summed E-state index contributed by atoms with van der Waals surface area (Å²) in [5, 5.41) is 3.84. The number of carbonyl (C=O) groups is 1. The third-order valence-corrected chi connectivity index (χ3v) is 5.59. The maximum Gasteiger partial charge on any atom is 0.271 e. The van der Waals surface area contributed by atoms with Gasteiger partial charge in [-0.1, -0.05) is 6.07 Å². The molecule has 132 valence electrons. The van der Waals surface area contributed by atoms with Gasteiger partial charge in [-0.05, 0) is 30.3 Å². The highest BCUT2D eigenvalue weighted by atomic mass is 32.2. The number of ether oxygens (including phenoxy) is 1. The first-order valence-electron chi connectivity index (χ1n) is 7.72. The highest BCUT2D eigenvalue weighted by Crippen LogP contribution is 2.18. The Morgan fingerprint density at radius 3 is 2.76 bits per heavy atom. The van der Waals surface area contributed by atoms with E-state index >= 15 is 0 Å². The molecule has 0 atom stereocenters. The van der Waals surface area contributed by atoms with Crippen LogP contribution >= 0.6 is 0 Å². The molecule has 0 spiro atoms. The van der Waals surface area contributed by atoms with Gasteiger partial charge in [0.1, 0.15) is 0 Å². The smallest absolute Gasteiger partial charge is 0.271 e. The van der Waals surface area contributed by atoms with Crippen LogP contribution in [-0.2, 0) is 14.8 Å². The molecular formula is C16H18N4O4S. The zero-order valence-corrected chi connectivity index (χ0v) is 14.2. The van der Waals surface area contributed by atoms with Gasteiger partial charge in [-0.15, -0.1) is 0 Å². The Kier molecular flexibility index (Phi) is 5.27. The molecule has 1 amide bonds. The fraction of sp³-hybridized carbons (Fsp3) is 0.250. The average molecular weight is 362 g/mol. The van der Waals surface area contributed by atoms with Crippen molar-refractivity contribution in [2.45, 2.75) is 4.90 Å². The van der Waals surface area contributed by atoms with Crippen LogP contribution in [0.4, 0.5) is 0 Å². The summed E-state index contributed by atoms with van der Waals surface area (Å²) in [5.74, 6) is -0.484. The fourth-order valence-electron chi connectivity index (χ4n) is 2.38. The molecule has 1 fully saturated rings. The lowest BCUT2D eigenvalue weighted by molar-refractivity contribution is 0.0730. The number of aromatic amines is 1. The minimum absolute atomic E-state index is 0.0791. The Labute approximate surface area is 145 Å². The molecule has 0 aliphatic carbocycles. The van der Waals surface area contributed by atoms with Gasteiger partial charge in [-0.25, -0.2) is 13.8 Å². The molecule has 0 saturated carbocycles. The van der Waals surface area contributed by atoms with E-state index < -0.39 is 15.9 Å². The van der Waals surface area contributed by atoms with Crippen LogP contribution in [0.2, 0.25) is 0 Å². The molecule has 1 aliphatic heterocycles. The monoisotopic (exact) mass is 362 g/mol. The lowest BCUT2D eigenvalue weighted by Gasteiger charge is -2.26. The van der Waals surface area contributed by atoms with Crippen LogP contribution in [0.15, 0.2) is 52.6 Å². The molecular weight excluding hydrogens is 344 g/mol. The van der Waals surface area contributed by atoms with Crippen molar-refractivity contribution in [3.63, 3.8) is 0 Å². The summed E-state index contributed by atoms with van der Waals surface area (Å²) < 4.78 is 31.8. The number of nitrogens with zero attached hydrogens (tertiary/aromatic N) is 2. The van der Waals surface area contributed by atoms with Gasteiger partial charge in [0.25, 0.3) is 5.91 Å². The van der Waals surface area contributed by atoms with E-state index in [2.05, 4.69) is 15.5 Å². The van der Waals surface area contributed by atoms with E-state index in [1.807, 2.05) is 6.07 Å². The molecule has 25 heavy (non-hydrogen) atoms. The number of H-pyrrole nitrogens is 1. The number of hydrogen-bond donors (Lipinski definition) is 2. The molecule has 0 unspecified atom stereocenters. The normalized spacial score (nSPS) is 16.2. The molecule has 0 bridgehead atoms. The number of rotatable bonds is 5. The first kappa shape index (κ1) is 17.3. The summed E-state index contributed by atoms with van der Waals surface area (Å²) in [7, 11) is -3.64. The number of benzene rings is 1. The maximum absolute atomic E-state index is 12.6. The number of hydrazone groups is 1. The van der Waals surface area contributed by atoms with Crippen molar-refractivity contribution < 1.29 is 17.9 Å². The fourth-order valence-corrected chi connectivity index (χ4v) is 3.84. The van der Waals surface area contributed by atoms with E-state index in [1.165, 1.54) is 34.8 Å². The largest absolute Gasteiger partial charge is 0.379 e. The van der Waals surface area contributed by atoms with E-state index in [4.69, 9.17) is 4.74 Å². The van der Waals surface area contributed by atoms with Crippen molar-refractivity contribution >= 4 is 22.1 Å². The lowest BCUT2D eigenvalue weighted by Crippen LogP contribution is -2.40. The Bertz CT molecular complexity index is 856. The van der Waals surface area contributed by atoms with Gasteiger partial charge in [-0.2, -0.15) is 9.41 Å². The molecule has 0 radical (unpaired) electrons. The molecule has 2 N–H and O–H groups in total. The first-order chi connectivity index (χ1) is 12.1. The molecule has 1 saturated heterocycles. The standard InChI is InChI=1S/C16H18N4O4S/c21-16(19-18-12-14-4-2-6-17-14)13-3-1-5-15(11-13)25(22,23)20-7-9-24-10-8-20/h1-6,11-12,17H,7-10H2,(H,19,21). The predicted octanol–water partition coefficient (Wildman–Crippen LogP) is 0.799. The maximum atomic E-state index is 12.6. The number of hydrogen-bond acceptors (Lipinski definition) is 5. The van der Waals surface area contributed by atoms with Crippen LogP contribution in [0, 0.1) is 0 Å².